The Morgan fingerprint density at radius 2 is 1.79 bits per heavy atom. The molecular formula is C26H30N2O4S. The minimum absolute atomic E-state index is 0.217. The minimum atomic E-state index is -3.77. The summed E-state index contributed by atoms with van der Waals surface area (Å²) < 4.78 is 33.7. The third-order valence-electron chi connectivity index (χ3n) is 6.05. The van der Waals surface area contributed by atoms with Gasteiger partial charge in [-0.05, 0) is 59.4 Å². The van der Waals surface area contributed by atoms with Crippen molar-refractivity contribution >= 4 is 26.7 Å². The van der Waals surface area contributed by atoms with E-state index < -0.39 is 16.1 Å². The fourth-order valence-corrected chi connectivity index (χ4v) is 5.86. The van der Waals surface area contributed by atoms with Gasteiger partial charge in [-0.25, -0.2) is 8.42 Å². The summed E-state index contributed by atoms with van der Waals surface area (Å²) in [5, 5.41) is 4.67. The zero-order valence-corrected chi connectivity index (χ0v) is 19.8. The number of nitrogens with one attached hydrogen (secondary N) is 1. The number of fused-ring (bicyclic) bond motifs is 1. The van der Waals surface area contributed by atoms with E-state index in [1.807, 2.05) is 48.5 Å². The average Bonchev–Trinajstić information content (AvgIpc) is 3.33. The van der Waals surface area contributed by atoms with Crippen molar-refractivity contribution in [2.24, 2.45) is 0 Å². The first-order chi connectivity index (χ1) is 15.9. The molecule has 1 saturated heterocycles. The largest absolute Gasteiger partial charge is 0.492 e. The molecule has 7 heteroatoms. The third kappa shape index (κ3) is 5.20. The van der Waals surface area contributed by atoms with Crippen LogP contribution in [0.1, 0.15) is 38.2 Å². The molecule has 0 radical (unpaired) electrons. The molecule has 0 spiro atoms. The summed E-state index contributed by atoms with van der Waals surface area (Å²) in [4.78, 5) is 13.0. The van der Waals surface area contributed by atoms with E-state index >= 15 is 0 Å². The summed E-state index contributed by atoms with van der Waals surface area (Å²) in [6.45, 7) is 5.24. The molecule has 0 aliphatic carbocycles. The normalized spacial score (nSPS) is 16.9. The molecule has 4 rings (SSSR count). The lowest BCUT2D eigenvalue weighted by atomic mass is 10.0. The molecule has 33 heavy (non-hydrogen) atoms. The molecule has 1 amide bonds. The van der Waals surface area contributed by atoms with E-state index in [4.69, 9.17) is 4.74 Å². The maximum atomic E-state index is 13.3. The van der Waals surface area contributed by atoms with Gasteiger partial charge in [0.25, 0.3) is 0 Å². The van der Waals surface area contributed by atoms with Crippen molar-refractivity contribution in [2.45, 2.75) is 43.5 Å². The van der Waals surface area contributed by atoms with Crippen LogP contribution < -0.4 is 10.1 Å². The number of amides is 1. The minimum Gasteiger partial charge on any atom is -0.492 e. The van der Waals surface area contributed by atoms with E-state index in [-0.39, 0.29) is 10.8 Å². The van der Waals surface area contributed by atoms with Crippen molar-refractivity contribution in [3.8, 4) is 5.75 Å². The van der Waals surface area contributed by atoms with Crippen LogP contribution in [0.15, 0.2) is 71.6 Å². The zero-order chi connectivity index (χ0) is 23.4. The van der Waals surface area contributed by atoms with Crippen molar-refractivity contribution in [3.05, 3.63) is 72.3 Å². The number of hydrogen-bond donors (Lipinski definition) is 1. The van der Waals surface area contributed by atoms with Gasteiger partial charge in [-0.3, -0.25) is 4.79 Å². The first-order valence-corrected chi connectivity index (χ1v) is 12.8. The number of benzene rings is 3. The smallest absolute Gasteiger partial charge is 0.243 e. The van der Waals surface area contributed by atoms with E-state index in [0.717, 1.165) is 16.5 Å². The van der Waals surface area contributed by atoms with Gasteiger partial charge in [0.1, 0.15) is 18.4 Å². The molecule has 174 valence electrons. The fourth-order valence-electron chi connectivity index (χ4n) is 4.16. The van der Waals surface area contributed by atoms with Crippen LogP contribution in [0.25, 0.3) is 10.8 Å². The molecule has 1 heterocycles. The Morgan fingerprint density at radius 3 is 2.52 bits per heavy atom. The van der Waals surface area contributed by atoms with Crippen LogP contribution in [0, 0.1) is 0 Å². The Hall–Kier alpha value is -2.90. The molecule has 0 saturated carbocycles. The van der Waals surface area contributed by atoms with Gasteiger partial charge in [0.15, 0.2) is 0 Å². The highest BCUT2D eigenvalue weighted by Crippen LogP contribution is 2.28. The number of carbonyl (C=O) groups is 1. The summed E-state index contributed by atoms with van der Waals surface area (Å²) in [7, 11) is -3.77. The Bertz CT molecular complexity index is 1220. The zero-order valence-electron chi connectivity index (χ0n) is 19.0. The van der Waals surface area contributed by atoms with E-state index in [1.54, 1.807) is 18.2 Å². The van der Waals surface area contributed by atoms with Gasteiger partial charge >= 0.3 is 0 Å². The van der Waals surface area contributed by atoms with Gasteiger partial charge in [-0.15, -0.1) is 0 Å². The molecule has 6 nitrogen and oxygen atoms in total. The van der Waals surface area contributed by atoms with Crippen LogP contribution in [0.2, 0.25) is 0 Å². The van der Waals surface area contributed by atoms with Gasteiger partial charge in [0.2, 0.25) is 15.9 Å². The van der Waals surface area contributed by atoms with E-state index in [9.17, 15) is 13.2 Å². The van der Waals surface area contributed by atoms with Gasteiger partial charge in [0.05, 0.1) is 11.4 Å². The van der Waals surface area contributed by atoms with Crippen molar-refractivity contribution in [2.75, 3.05) is 19.7 Å². The highest BCUT2D eigenvalue weighted by atomic mass is 32.2. The Labute approximate surface area is 195 Å². The highest BCUT2D eigenvalue weighted by molar-refractivity contribution is 7.89. The van der Waals surface area contributed by atoms with E-state index in [2.05, 4.69) is 19.2 Å². The van der Waals surface area contributed by atoms with Crippen molar-refractivity contribution in [1.29, 1.82) is 0 Å². The monoisotopic (exact) mass is 466 g/mol. The molecule has 3 aromatic rings. The van der Waals surface area contributed by atoms with Crippen LogP contribution in [0.5, 0.6) is 5.75 Å². The molecule has 1 N–H and O–H groups in total. The highest BCUT2D eigenvalue weighted by Gasteiger charge is 2.39. The van der Waals surface area contributed by atoms with Crippen molar-refractivity contribution in [1.82, 2.24) is 9.62 Å². The molecule has 1 fully saturated rings. The summed E-state index contributed by atoms with van der Waals surface area (Å²) in [5.41, 5.74) is 1.24. The summed E-state index contributed by atoms with van der Waals surface area (Å²) in [6.07, 6.45) is 1.17. The molecular weight excluding hydrogens is 436 g/mol. The van der Waals surface area contributed by atoms with Gasteiger partial charge in [0, 0.05) is 6.54 Å². The predicted octanol–water partition coefficient (Wildman–Crippen LogP) is 4.31. The topological polar surface area (TPSA) is 75.7 Å². The number of hydrogen-bond acceptors (Lipinski definition) is 4. The van der Waals surface area contributed by atoms with Crippen LogP contribution in [0.3, 0.4) is 0 Å². The molecule has 0 bridgehead atoms. The second kappa shape index (κ2) is 9.93. The lowest BCUT2D eigenvalue weighted by Crippen LogP contribution is -2.46. The van der Waals surface area contributed by atoms with Gasteiger partial charge in [-0.2, -0.15) is 4.31 Å². The summed E-state index contributed by atoms with van der Waals surface area (Å²) in [6, 6.07) is 19.9. The number of rotatable bonds is 8. The van der Waals surface area contributed by atoms with E-state index in [1.165, 1.54) is 9.87 Å². The van der Waals surface area contributed by atoms with Crippen LogP contribution in [-0.2, 0) is 14.8 Å². The van der Waals surface area contributed by atoms with Crippen molar-refractivity contribution < 1.29 is 17.9 Å². The molecule has 1 atom stereocenters. The average molecular weight is 467 g/mol. The first kappa shape index (κ1) is 23.3. The van der Waals surface area contributed by atoms with Crippen LogP contribution in [0.4, 0.5) is 0 Å². The molecule has 1 aliphatic heterocycles. The molecule has 3 aromatic carbocycles. The standard InChI is InChI=1S/C26H30N2O4S/c1-19(2)20-9-12-23(13-10-20)32-17-15-27-26(29)25-8-5-16-28(25)33(30,31)24-14-11-21-6-3-4-7-22(21)18-24/h3-4,6-7,9-14,18-19,25H,5,8,15-17H2,1-2H3,(H,27,29). The number of ether oxygens (including phenoxy) is 1. The summed E-state index contributed by atoms with van der Waals surface area (Å²) in [5.74, 6) is 0.921. The second-order valence-electron chi connectivity index (χ2n) is 8.65. The maximum Gasteiger partial charge on any atom is 0.243 e. The summed E-state index contributed by atoms with van der Waals surface area (Å²) >= 11 is 0. The Morgan fingerprint density at radius 1 is 1.06 bits per heavy atom. The van der Waals surface area contributed by atoms with Crippen LogP contribution >= 0.6 is 0 Å². The third-order valence-corrected chi connectivity index (χ3v) is 7.95. The van der Waals surface area contributed by atoms with Gasteiger partial charge in [-0.1, -0.05) is 56.3 Å². The SMILES string of the molecule is CC(C)c1ccc(OCCNC(=O)C2CCCN2S(=O)(=O)c2ccc3ccccc3c2)cc1. The first-order valence-electron chi connectivity index (χ1n) is 11.4. The Balaban J connectivity index is 1.36. The Kier molecular flexibility index (Phi) is 7.00. The fraction of sp³-hybridized carbons (Fsp3) is 0.346. The van der Waals surface area contributed by atoms with Gasteiger partial charge < -0.3 is 10.1 Å². The maximum absolute atomic E-state index is 13.3. The lowest BCUT2D eigenvalue weighted by molar-refractivity contribution is -0.124. The molecule has 0 aromatic heterocycles. The quantitative estimate of drug-likeness (QED) is 0.502. The second-order valence-corrected chi connectivity index (χ2v) is 10.5. The number of sulfonamides is 1. The molecule has 1 unspecified atom stereocenters. The van der Waals surface area contributed by atoms with E-state index in [0.29, 0.717) is 38.5 Å². The number of nitrogens with zero attached hydrogens (tertiary/aromatic N) is 1. The number of carbonyl (C=O) groups excluding carboxylic acids is 1. The predicted molar refractivity (Wildman–Crippen MR) is 130 cm³/mol. The molecule has 1 aliphatic rings. The lowest BCUT2D eigenvalue weighted by Gasteiger charge is -2.23. The van der Waals surface area contributed by atoms with Crippen molar-refractivity contribution in [3.63, 3.8) is 0 Å². The van der Waals surface area contributed by atoms with Crippen LogP contribution in [-0.4, -0.2) is 44.4 Å².